The van der Waals surface area contributed by atoms with Gasteiger partial charge in [-0.3, -0.25) is 0 Å². The summed E-state index contributed by atoms with van der Waals surface area (Å²) in [5.74, 6) is 0. The smallest absolute Gasteiger partial charge is 0.00752 e. The molecule has 3 aromatic rings. The first kappa shape index (κ1) is 11.4. The summed E-state index contributed by atoms with van der Waals surface area (Å²) in [4.78, 5) is 1.31. The highest BCUT2D eigenvalue weighted by Crippen LogP contribution is 2.27. The summed E-state index contributed by atoms with van der Waals surface area (Å²) in [6, 6.07) is 23.8. The van der Waals surface area contributed by atoms with Gasteiger partial charge in [0.15, 0.2) is 0 Å². The number of rotatable bonds is 2. The van der Waals surface area contributed by atoms with Gasteiger partial charge in [-0.2, -0.15) is 0 Å². The lowest BCUT2D eigenvalue weighted by molar-refractivity contribution is 1.46. The Kier molecular flexibility index (Phi) is 3.07. The number of fused-ring (bicyclic) bond motifs is 1. The third-order valence-electron chi connectivity index (χ3n) is 3.15. The summed E-state index contributed by atoms with van der Waals surface area (Å²) >= 11 is 1.78. The molecule has 0 fully saturated rings. The molecular weight excluding hydrogens is 236 g/mol. The zero-order valence-corrected chi connectivity index (χ0v) is 11.1. The van der Waals surface area contributed by atoms with Gasteiger partial charge in [-0.25, -0.2) is 0 Å². The van der Waals surface area contributed by atoms with Crippen LogP contribution in [0, 0.1) is 0 Å². The fourth-order valence-corrected chi connectivity index (χ4v) is 2.63. The Labute approximate surface area is 112 Å². The summed E-state index contributed by atoms with van der Waals surface area (Å²) < 4.78 is 0. The summed E-state index contributed by atoms with van der Waals surface area (Å²) in [5.41, 5.74) is 2.57. The monoisotopic (exact) mass is 250 g/mol. The molecule has 0 saturated heterocycles. The Morgan fingerprint density at radius 1 is 0.667 bits per heavy atom. The molecule has 1 heteroatoms. The minimum absolute atomic E-state index is 1.28. The maximum Gasteiger partial charge on any atom is 0.00752 e. The van der Waals surface area contributed by atoms with Crippen LogP contribution >= 0.6 is 11.8 Å². The molecule has 0 radical (unpaired) electrons. The number of hydrogen-bond acceptors (Lipinski definition) is 1. The van der Waals surface area contributed by atoms with Gasteiger partial charge in [-0.05, 0) is 46.4 Å². The van der Waals surface area contributed by atoms with Crippen molar-refractivity contribution in [1.82, 2.24) is 0 Å². The molecule has 0 N–H and O–H groups in total. The van der Waals surface area contributed by atoms with Crippen LogP contribution in [0.2, 0.25) is 0 Å². The average molecular weight is 250 g/mol. The molecule has 0 atom stereocenters. The van der Waals surface area contributed by atoms with E-state index < -0.39 is 0 Å². The first-order valence-electron chi connectivity index (χ1n) is 6.00. The van der Waals surface area contributed by atoms with Gasteiger partial charge in [0.05, 0.1) is 0 Å². The van der Waals surface area contributed by atoms with E-state index in [1.54, 1.807) is 11.8 Å². The molecule has 0 aromatic heterocycles. The van der Waals surface area contributed by atoms with E-state index in [4.69, 9.17) is 0 Å². The van der Waals surface area contributed by atoms with E-state index in [0.717, 1.165) is 0 Å². The Balaban J connectivity index is 2.13. The van der Waals surface area contributed by atoms with E-state index in [-0.39, 0.29) is 0 Å². The second-order valence-corrected chi connectivity index (χ2v) is 5.17. The van der Waals surface area contributed by atoms with Gasteiger partial charge in [0.25, 0.3) is 0 Å². The van der Waals surface area contributed by atoms with E-state index >= 15 is 0 Å². The van der Waals surface area contributed by atoms with Gasteiger partial charge in [0.1, 0.15) is 0 Å². The molecule has 0 aliphatic heterocycles. The molecule has 0 unspecified atom stereocenters. The number of benzene rings is 3. The van der Waals surface area contributed by atoms with Crippen LogP contribution in [0.4, 0.5) is 0 Å². The van der Waals surface area contributed by atoms with Gasteiger partial charge in [-0.15, -0.1) is 11.8 Å². The quantitative estimate of drug-likeness (QED) is 0.561. The molecule has 0 bridgehead atoms. The Hall–Kier alpha value is -1.73. The topological polar surface area (TPSA) is 0 Å². The number of thioether (sulfide) groups is 1. The summed E-state index contributed by atoms with van der Waals surface area (Å²) in [7, 11) is 0. The minimum atomic E-state index is 1.28. The highest BCUT2D eigenvalue weighted by molar-refractivity contribution is 7.98. The molecule has 0 saturated carbocycles. The van der Waals surface area contributed by atoms with E-state index in [2.05, 4.69) is 73.0 Å². The maximum absolute atomic E-state index is 2.26. The molecule has 0 amide bonds. The first-order valence-corrected chi connectivity index (χ1v) is 7.22. The Morgan fingerprint density at radius 2 is 1.44 bits per heavy atom. The van der Waals surface area contributed by atoms with Crippen LogP contribution in [0.3, 0.4) is 0 Å². The second kappa shape index (κ2) is 4.87. The summed E-state index contributed by atoms with van der Waals surface area (Å²) in [6.07, 6.45) is 2.11. The van der Waals surface area contributed by atoms with E-state index in [0.29, 0.717) is 0 Å². The average Bonchev–Trinajstić information content (AvgIpc) is 2.47. The van der Waals surface area contributed by atoms with Crippen molar-refractivity contribution in [2.24, 2.45) is 0 Å². The van der Waals surface area contributed by atoms with Crippen LogP contribution in [0.5, 0.6) is 0 Å². The van der Waals surface area contributed by atoms with Crippen molar-refractivity contribution in [1.29, 1.82) is 0 Å². The molecule has 0 aliphatic rings. The van der Waals surface area contributed by atoms with Crippen LogP contribution in [0.15, 0.2) is 71.6 Å². The summed E-state index contributed by atoms with van der Waals surface area (Å²) in [6.45, 7) is 0. The van der Waals surface area contributed by atoms with Crippen LogP contribution < -0.4 is 0 Å². The van der Waals surface area contributed by atoms with Crippen molar-refractivity contribution in [2.75, 3.05) is 6.26 Å². The fourth-order valence-electron chi connectivity index (χ4n) is 2.17. The van der Waals surface area contributed by atoms with Crippen LogP contribution in [0.25, 0.3) is 21.9 Å². The van der Waals surface area contributed by atoms with Gasteiger partial charge in [0, 0.05) is 4.90 Å². The van der Waals surface area contributed by atoms with Gasteiger partial charge in [-0.1, -0.05) is 48.5 Å². The molecule has 0 heterocycles. The molecular formula is C17H14S. The van der Waals surface area contributed by atoms with E-state index in [9.17, 15) is 0 Å². The highest BCUT2D eigenvalue weighted by atomic mass is 32.2. The standard InChI is InChI=1S/C17H14S/c1-18-17-8-4-7-15(12-17)16-10-9-13-5-2-3-6-14(13)11-16/h2-12H,1H3. The van der Waals surface area contributed by atoms with Crippen molar-refractivity contribution >= 4 is 22.5 Å². The van der Waals surface area contributed by atoms with Crippen LogP contribution in [-0.2, 0) is 0 Å². The first-order chi connectivity index (χ1) is 8.86. The fraction of sp³-hybridized carbons (Fsp3) is 0.0588. The normalized spacial score (nSPS) is 10.7. The Morgan fingerprint density at radius 3 is 2.28 bits per heavy atom. The van der Waals surface area contributed by atoms with Crippen molar-refractivity contribution in [3.63, 3.8) is 0 Å². The predicted octanol–water partition coefficient (Wildman–Crippen LogP) is 5.23. The lowest BCUT2D eigenvalue weighted by Gasteiger charge is -2.05. The third-order valence-corrected chi connectivity index (χ3v) is 3.88. The van der Waals surface area contributed by atoms with E-state index in [1.807, 2.05) is 0 Å². The molecule has 18 heavy (non-hydrogen) atoms. The van der Waals surface area contributed by atoms with Crippen LogP contribution in [-0.4, -0.2) is 6.26 Å². The van der Waals surface area contributed by atoms with Crippen LogP contribution in [0.1, 0.15) is 0 Å². The maximum atomic E-state index is 2.26. The van der Waals surface area contributed by atoms with Gasteiger partial charge < -0.3 is 0 Å². The predicted molar refractivity (Wildman–Crippen MR) is 81.2 cm³/mol. The van der Waals surface area contributed by atoms with Crippen molar-refractivity contribution < 1.29 is 0 Å². The molecule has 0 spiro atoms. The van der Waals surface area contributed by atoms with Crippen molar-refractivity contribution in [3.05, 3.63) is 66.7 Å². The summed E-state index contributed by atoms with van der Waals surface area (Å²) in [5, 5.41) is 2.59. The SMILES string of the molecule is CSc1cccc(-c2ccc3ccccc3c2)c1. The van der Waals surface area contributed by atoms with Gasteiger partial charge in [0.2, 0.25) is 0 Å². The molecule has 0 nitrogen and oxygen atoms in total. The molecule has 88 valence electrons. The Bertz CT molecular complexity index is 686. The zero-order chi connectivity index (χ0) is 12.4. The third kappa shape index (κ3) is 2.14. The molecule has 3 aromatic carbocycles. The zero-order valence-electron chi connectivity index (χ0n) is 10.3. The molecule has 0 aliphatic carbocycles. The lowest BCUT2D eigenvalue weighted by atomic mass is 10.0. The van der Waals surface area contributed by atoms with Crippen molar-refractivity contribution in [2.45, 2.75) is 4.90 Å². The lowest BCUT2D eigenvalue weighted by Crippen LogP contribution is -1.80. The van der Waals surface area contributed by atoms with E-state index in [1.165, 1.54) is 26.8 Å². The number of hydrogen-bond donors (Lipinski definition) is 0. The largest absolute Gasteiger partial charge is 0.130 e. The minimum Gasteiger partial charge on any atom is -0.130 e. The molecule has 3 rings (SSSR count). The highest BCUT2D eigenvalue weighted by Gasteiger charge is 2.00. The second-order valence-electron chi connectivity index (χ2n) is 4.29. The van der Waals surface area contributed by atoms with Gasteiger partial charge >= 0.3 is 0 Å². The van der Waals surface area contributed by atoms with Crippen molar-refractivity contribution in [3.8, 4) is 11.1 Å².